The van der Waals surface area contributed by atoms with Gasteiger partial charge in [0.25, 0.3) is 5.91 Å². The van der Waals surface area contributed by atoms with Gasteiger partial charge in [-0.2, -0.15) is 0 Å². The number of carbonyl (C=O) groups is 1. The number of anilines is 2. The summed E-state index contributed by atoms with van der Waals surface area (Å²) in [5.41, 5.74) is 6.44. The van der Waals surface area contributed by atoms with Crippen molar-refractivity contribution in [2.24, 2.45) is 0 Å². The van der Waals surface area contributed by atoms with Gasteiger partial charge in [-0.15, -0.1) is 0 Å². The second-order valence-electron chi connectivity index (χ2n) is 6.42. The van der Waals surface area contributed by atoms with Crippen LogP contribution in [0, 0.1) is 5.41 Å². The summed E-state index contributed by atoms with van der Waals surface area (Å²) in [6.45, 7) is 4.76. The van der Waals surface area contributed by atoms with Gasteiger partial charge in [-0.25, -0.2) is 4.98 Å². The predicted octanol–water partition coefficient (Wildman–Crippen LogP) is 0.844. The maximum atomic E-state index is 12.5. The molecule has 0 bridgehead atoms. The molecule has 0 atom stereocenters. The van der Waals surface area contributed by atoms with Crippen LogP contribution in [0.5, 0.6) is 0 Å². The number of carbonyl (C=O) groups excluding carboxylic acids is 1. The quantitative estimate of drug-likeness (QED) is 0.714. The van der Waals surface area contributed by atoms with Crippen LogP contribution in [-0.2, 0) is 4.79 Å². The highest BCUT2D eigenvalue weighted by atomic mass is 16.2. The molecule has 2 fully saturated rings. The Morgan fingerprint density at radius 2 is 1.75 bits per heavy atom. The zero-order chi connectivity index (χ0) is 16.9. The lowest BCUT2D eigenvalue weighted by Gasteiger charge is -2.28. The molecule has 2 aliphatic heterocycles. The largest absolute Gasteiger partial charge is 0.383 e. The molecule has 1 amide bonds. The summed E-state index contributed by atoms with van der Waals surface area (Å²) < 4.78 is 0. The molecule has 3 heterocycles. The second-order valence-corrected chi connectivity index (χ2v) is 6.42. The van der Waals surface area contributed by atoms with Crippen molar-refractivity contribution >= 4 is 23.3 Å². The van der Waals surface area contributed by atoms with Crippen molar-refractivity contribution in [3.63, 3.8) is 0 Å². The van der Waals surface area contributed by atoms with Gasteiger partial charge in [-0.1, -0.05) is 12.8 Å². The lowest BCUT2D eigenvalue weighted by molar-refractivity contribution is -0.124. The van der Waals surface area contributed by atoms with Gasteiger partial charge in [0.05, 0.1) is 0 Å². The Balaban J connectivity index is 1.73. The SMILES string of the molecule is N=C(C(=O)N1CCNCC1)c1ccc(N2CCCCCC2)nc1N. The molecule has 0 aliphatic carbocycles. The van der Waals surface area contributed by atoms with E-state index in [2.05, 4.69) is 15.2 Å². The topological polar surface area (TPSA) is 98.3 Å². The third-order valence-corrected chi connectivity index (χ3v) is 4.73. The summed E-state index contributed by atoms with van der Waals surface area (Å²) in [5.74, 6) is 0.846. The molecule has 4 N–H and O–H groups in total. The van der Waals surface area contributed by atoms with Crippen LogP contribution in [-0.4, -0.2) is 60.8 Å². The molecule has 1 aromatic rings. The van der Waals surface area contributed by atoms with Crippen LogP contribution in [0.4, 0.5) is 11.6 Å². The predicted molar refractivity (Wildman–Crippen MR) is 95.6 cm³/mol. The summed E-state index contributed by atoms with van der Waals surface area (Å²) >= 11 is 0. The van der Waals surface area contributed by atoms with Gasteiger partial charge >= 0.3 is 0 Å². The summed E-state index contributed by atoms with van der Waals surface area (Å²) in [7, 11) is 0. The number of nitrogen functional groups attached to an aromatic ring is 1. The van der Waals surface area contributed by atoms with Crippen molar-refractivity contribution in [1.82, 2.24) is 15.2 Å². The van der Waals surface area contributed by atoms with Crippen molar-refractivity contribution in [1.29, 1.82) is 5.41 Å². The first-order valence-corrected chi connectivity index (χ1v) is 8.77. The monoisotopic (exact) mass is 330 g/mol. The molecule has 0 saturated carbocycles. The molecule has 2 saturated heterocycles. The van der Waals surface area contributed by atoms with Crippen LogP contribution in [0.15, 0.2) is 12.1 Å². The number of hydrogen-bond donors (Lipinski definition) is 3. The van der Waals surface area contributed by atoms with Crippen LogP contribution in [0.3, 0.4) is 0 Å². The van der Waals surface area contributed by atoms with Crippen molar-refractivity contribution in [3.8, 4) is 0 Å². The Bertz CT molecular complexity index is 603. The Morgan fingerprint density at radius 1 is 1.08 bits per heavy atom. The first-order valence-electron chi connectivity index (χ1n) is 8.77. The summed E-state index contributed by atoms with van der Waals surface area (Å²) in [6.07, 6.45) is 4.85. The van der Waals surface area contributed by atoms with E-state index in [1.54, 1.807) is 11.0 Å². The summed E-state index contributed by atoms with van der Waals surface area (Å²) in [4.78, 5) is 20.9. The zero-order valence-electron chi connectivity index (χ0n) is 14.1. The van der Waals surface area contributed by atoms with Crippen LogP contribution in [0.25, 0.3) is 0 Å². The first-order chi connectivity index (χ1) is 11.7. The molecule has 0 aromatic carbocycles. The van der Waals surface area contributed by atoms with E-state index >= 15 is 0 Å². The minimum Gasteiger partial charge on any atom is -0.383 e. The Morgan fingerprint density at radius 3 is 2.38 bits per heavy atom. The molecule has 0 radical (unpaired) electrons. The van der Waals surface area contributed by atoms with Crippen LogP contribution < -0.4 is 16.0 Å². The van der Waals surface area contributed by atoms with E-state index < -0.39 is 0 Å². The summed E-state index contributed by atoms with van der Waals surface area (Å²) in [5, 5.41) is 11.4. The van der Waals surface area contributed by atoms with E-state index in [4.69, 9.17) is 11.1 Å². The Kier molecular flexibility index (Phi) is 5.30. The van der Waals surface area contributed by atoms with Crippen molar-refractivity contribution in [2.75, 3.05) is 49.9 Å². The molecule has 1 aromatic heterocycles. The molecule has 7 heteroatoms. The van der Waals surface area contributed by atoms with Gasteiger partial charge in [0.1, 0.15) is 17.3 Å². The van der Waals surface area contributed by atoms with Gasteiger partial charge in [-0.3, -0.25) is 10.2 Å². The minimum atomic E-state index is -0.271. The fourth-order valence-corrected chi connectivity index (χ4v) is 3.29. The number of pyridine rings is 1. The smallest absolute Gasteiger partial charge is 0.272 e. The number of nitrogens with zero attached hydrogens (tertiary/aromatic N) is 3. The highest BCUT2D eigenvalue weighted by Crippen LogP contribution is 2.21. The highest BCUT2D eigenvalue weighted by molar-refractivity contribution is 6.44. The maximum absolute atomic E-state index is 12.5. The molecule has 0 unspecified atom stereocenters. The molecule has 24 heavy (non-hydrogen) atoms. The molecule has 2 aliphatic rings. The minimum absolute atomic E-state index is 0.0654. The second kappa shape index (κ2) is 7.61. The Labute approximate surface area is 142 Å². The van der Waals surface area contributed by atoms with Crippen LogP contribution >= 0.6 is 0 Å². The lowest BCUT2D eigenvalue weighted by atomic mass is 10.1. The van der Waals surface area contributed by atoms with E-state index in [0.29, 0.717) is 18.7 Å². The first kappa shape index (κ1) is 16.7. The molecule has 130 valence electrons. The van der Waals surface area contributed by atoms with E-state index in [-0.39, 0.29) is 17.4 Å². The standard InChI is InChI=1S/C17H26N6O/c18-15(17(24)23-11-7-20-8-12-23)13-5-6-14(21-16(13)19)22-9-3-1-2-4-10-22/h5-6,18,20H,1-4,7-12H2,(H2,19,21). The van der Waals surface area contributed by atoms with Gasteiger partial charge < -0.3 is 20.9 Å². The third-order valence-electron chi connectivity index (χ3n) is 4.73. The van der Waals surface area contributed by atoms with E-state index in [1.807, 2.05) is 6.07 Å². The molecule has 0 spiro atoms. The van der Waals surface area contributed by atoms with Gasteiger partial charge in [0.2, 0.25) is 0 Å². The fourth-order valence-electron chi connectivity index (χ4n) is 3.29. The van der Waals surface area contributed by atoms with E-state index in [0.717, 1.165) is 32.0 Å². The normalized spacial score (nSPS) is 19.0. The summed E-state index contributed by atoms with van der Waals surface area (Å²) in [6, 6.07) is 3.65. The number of nitrogens with one attached hydrogen (secondary N) is 2. The Hall–Kier alpha value is -2.15. The molecular formula is C17H26N6O. The zero-order valence-corrected chi connectivity index (χ0v) is 14.1. The number of hydrogen-bond acceptors (Lipinski definition) is 6. The third kappa shape index (κ3) is 3.67. The highest BCUT2D eigenvalue weighted by Gasteiger charge is 2.23. The van der Waals surface area contributed by atoms with Gasteiger partial charge in [-0.05, 0) is 25.0 Å². The van der Waals surface area contributed by atoms with Crippen LogP contribution in [0.1, 0.15) is 31.2 Å². The van der Waals surface area contributed by atoms with Gasteiger partial charge in [0, 0.05) is 44.8 Å². The molecule has 3 rings (SSSR count). The van der Waals surface area contributed by atoms with Crippen molar-refractivity contribution in [2.45, 2.75) is 25.7 Å². The maximum Gasteiger partial charge on any atom is 0.272 e. The molecular weight excluding hydrogens is 304 g/mol. The van der Waals surface area contributed by atoms with E-state index in [1.165, 1.54) is 25.7 Å². The van der Waals surface area contributed by atoms with Crippen LogP contribution in [0.2, 0.25) is 0 Å². The molecule has 7 nitrogen and oxygen atoms in total. The lowest BCUT2D eigenvalue weighted by Crippen LogP contribution is -2.48. The number of nitrogens with two attached hydrogens (primary N) is 1. The van der Waals surface area contributed by atoms with Crippen molar-refractivity contribution < 1.29 is 4.79 Å². The number of piperazine rings is 1. The van der Waals surface area contributed by atoms with Crippen molar-refractivity contribution in [3.05, 3.63) is 17.7 Å². The number of rotatable bonds is 3. The number of aromatic nitrogens is 1. The number of amides is 1. The van der Waals surface area contributed by atoms with E-state index in [9.17, 15) is 4.79 Å². The average Bonchev–Trinajstić information content (AvgIpc) is 2.90. The fraction of sp³-hybridized carbons (Fsp3) is 0.588. The van der Waals surface area contributed by atoms with Gasteiger partial charge in [0.15, 0.2) is 0 Å². The average molecular weight is 330 g/mol.